The summed E-state index contributed by atoms with van der Waals surface area (Å²) >= 11 is 1.55. The molecule has 0 aliphatic carbocycles. The highest BCUT2D eigenvalue weighted by atomic mass is 32.2. The smallest absolute Gasteiger partial charge is 0.188 e. The Labute approximate surface area is 129 Å². The number of ketones is 1. The number of hydrogen-bond donors (Lipinski definition) is 0. The molecule has 0 bridgehead atoms. The van der Waals surface area contributed by atoms with Gasteiger partial charge in [0.05, 0.1) is 5.03 Å². The van der Waals surface area contributed by atoms with Crippen LogP contribution in [0, 0.1) is 12.7 Å². The molecule has 0 N–H and O–H groups in total. The van der Waals surface area contributed by atoms with Crippen LogP contribution in [0.5, 0.6) is 0 Å². The summed E-state index contributed by atoms with van der Waals surface area (Å²) in [5.74, 6) is -0.516. The number of halogens is 1. The van der Waals surface area contributed by atoms with Gasteiger partial charge in [-0.15, -0.1) is 0 Å². The van der Waals surface area contributed by atoms with E-state index in [2.05, 4.69) is 11.8 Å². The second kappa shape index (κ2) is 6.94. The second-order valence-electron chi connectivity index (χ2n) is 5.19. The van der Waals surface area contributed by atoms with Crippen molar-refractivity contribution in [2.45, 2.75) is 33.6 Å². The Bertz CT molecular complexity index is 607. The molecule has 1 aliphatic rings. The number of allylic oxidation sites excluding steroid dienone is 2. The van der Waals surface area contributed by atoms with E-state index in [-0.39, 0.29) is 11.6 Å². The van der Waals surface area contributed by atoms with E-state index in [0.717, 1.165) is 35.7 Å². The normalized spacial score (nSPS) is 16.5. The van der Waals surface area contributed by atoms with Gasteiger partial charge in [0, 0.05) is 23.9 Å². The second-order valence-corrected chi connectivity index (χ2v) is 6.08. The highest BCUT2D eigenvalue weighted by Crippen LogP contribution is 2.34. The van der Waals surface area contributed by atoms with Crippen LogP contribution in [0.2, 0.25) is 0 Å². The van der Waals surface area contributed by atoms with Crippen LogP contribution >= 0.6 is 11.8 Å². The Morgan fingerprint density at radius 3 is 2.86 bits per heavy atom. The van der Waals surface area contributed by atoms with Crippen LogP contribution in [0.3, 0.4) is 0 Å². The van der Waals surface area contributed by atoms with E-state index in [0.29, 0.717) is 5.56 Å². The standard InChI is InChI=1S/C17H20FNOS/c1-4-5-8-19-13(3)11-21-17(19)10-16(20)15-9-14(18)7-6-12(15)2/h6-7,9-11H,4-5,8H2,1-3H3/b17-10-. The van der Waals surface area contributed by atoms with Crippen LogP contribution in [0.1, 0.15) is 42.6 Å². The molecule has 1 aromatic rings. The minimum Gasteiger partial charge on any atom is -0.339 e. The number of thioether (sulfide) groups is 1. The molecule has 1 aliphatic heterocycles. The molecular weight excluding hydrogens is 285 g/mol. The van der Waals surface area contributed by atoms with Crippen LogP contribution in [0.25, 0.3) is 0 Å². The molecule has 21 heavy (non-hydrogen) atoms. The molecular formula is C17H20FNOS. The van der Waals surface area contributed by atoms with Crippen LogP contribution in [0.15, 0.2) is 40.4 Å². The minimum absolute atomic E-state index is 0.140. The van der Waals surface area contributed by atoms with Gasteiger partial charge < -0.3 is 4.90 Å². The van der Waals surface area contributed by atoms with Gasteiger partial charge in [-0.1, -0.05) is 31.2 Å². The van der Waals surface area contributed by atoms with Gasteiger partial charge in [0.2, 0.25) is 0 Å². The Kier molecular flexibility index (Phi) is 5.23. The van der Waals surface area contributed by atoms with Gasteiger partial charge in [-0.2, -0.15) is 0 Å². The first kappa shape index (κ1) is 15.8. The van der Waals surface area contributed by atoms with Crippen molar-refractivity contribution in [1.82, 2.24) is 4.90 Å². The number of benzene rings is 1. The fraction of sp³-hybridized carbons (Fsp3) is 0.353. The van der Waals surface area contributed by atoms with Crippen molar-refractivity contribution in [3.63, 3.8) is 0 Å². The number of unbranched alkanes of at least 4 members (excludes halogenated alkanes) is 1. The molecule has 4 heteroatoms. The summed E-state index contributed by atoms with van der Waals surface area (Å²) < 4.78 is 13.3. The zero-order valence-corrected chi connectivity index (χ0v) is 13.5. The Morgan fingerprint density at radius 1 is 1.38 bits per heavy atom. The number of rotatable bonds is 5. The highest BCUT2D eigenvalue weighted by Gasteiger charge is 2.19. The molecule has 2 nitrogen and oxygen atoms in total. The molecule has 0 amide bonds. The summed E-state index contributed by atoms with van der Waals surface area (Å²) in [6, 6.07) is 4.33. The first-order valence-electron chi connectivity index (χ1n) is 7.16. The summed E-state index contributed by atoms with van der Waals surface area (Å²) in [7, 11) is 0. The number of carbonyl (C=O) groups excluding carboxylic acids is 1. The number of hydrogen-bond acceptors (Lipinski definition) is 3. The summed E-state index contributed by atoms with van der Waals surface area (Å²) in [6.07, 6.45) is 3.81. The fourth-order valence-corrected chi connectivity index (χ4v) is 3.17. The quantitative estimate of drug-likeness (QED) is 0.572. The van der Waals surface area contributed by atoms with Crippen molar-refractivity contribution in [3.8, 4) is 0 Å². The van der Waals surface area contributed by atoms with Crippen LogP contribution in [0.4, 0.5) is 4.39 Å². The molecule has 0 atom stereocenters. The molecule has 0 aromatic heterocycles. The van der Waals surface area contributed by atoms with Crippen molar-refractivity contribution < 1.29 is 9.18 Å². The van der Waals surface area contributed by atoms with Gasteiger partial charge in [0.15, 0.2) is 5.78 Å². The van der Waals surface area contributed by atoms with Crippen LogP contribution in [-0.4, -0.2) is 17.2 Å². The van der Waals surface area contributed by atoms with Gasteiger partial charge in [-0.3, -0.25) is 4.79 Å². The average molecular weight is 305 g/mol. The summed E-state index contributed by atoms with van der Waals surface area (Å²) in [5, 5.41) is 2.97. The Balaban J connectivity index is 2.22. The number of nitrogens with zero attached hydrogens (tertiary/aromatic N) is 1. The van der Waals surface area contributed by atoms with Crippen molar-refractivity contribution >= 4 is 17.5 Å². The Morgan fingerprint density at radius 2 is 2.14 bits per heavy atom. The topological polar surface area (TPSA) is 20.3 Å². The third-order valence-corrected chi connectivity index (χ3v) is 4.54. The molecule has 0 fully saturated rings. The maximum absolute atomic E-state index is 13.3. The Hall–Kier alpha value is -1.55. The third-order valence-electron chi connectivity index (χ3n) is 3.50. The predicted octanol–water partition coefficient (Wildman–Crippen LogP) is 4.87. The average Bonchev–Trinajstić information content (AvgIpc) is 2.79. The molecule has 2 rings (SSSR count). The molecule has 1 aromatic carbocycles. The number of carbonyl (C=O) groups is 1. The van der Waals surface area contributed by atoms with E-state index >= 15 is 0 Å². The van der Waals surface area contributed by atoms with Crippen molar-refractivity contribution in [2.24, 2.45) is 0 Å². The van der Waals surface area contributed by atoms with Crippen molar-refractivity contribution in [2.75, 3.05) is 6.54 Å². The zero-order chi connectivity index (χ0) is 15.4. The SMILES string of the molecule is CCCCN1C(C)=CS/C1=C\C(=O)c1cc(F)ccc1C. The van der Waals surface area contributed by atoms with Crippen LogP contribution < -0.4 is 0 Å². The highest BCUT2D eigenvalue weighted by molar-refractivity contribution is 8.06. The summed E-state index contributed by atoms with van der Waals surface area (Å²) in [5.41, 5.74) is 2.39. The molecule has 0 saturated carbocycles. The van der Waals surface area contributed by atoms with E-state index in [1.54, 1.807) is 23.9 Å². The lowest BCUT2D eigenvalue weighted by Crippen LogP contribution is -2.18. The number of aryl methyl sites for hydroxylation is 1. The van der Waals surface area contributed by atoms with Crippen molar-refractivity contribution in [1.29, 1.82) is 0 Å². The molecule has 0 radical (unpaired) electrons. The minimum atomic E-state index is -0.376. The predicted molar refractivity (Wildman–Crippen MR) is 86.5 cm³/mol. The van der Waals surface area contributed by atoms with E-state index in [1.807, 2.05) is 19.3 Å². The largest absolute Gasteiger partial charge is 0.339 e. The van der Waals surface area contributed by atoms with E-state index in [1.165, 1.54) is 12.1 Å². The lowest BCUT2D eigenvalue weighted by Gasteiger charge is -2.21. The fourth-order valence-electron chi connectivity index (χ4n) is 2.21. The van der Waals surface area contributed by atoms with E-state index < -0.39 is 0 Å². The monoisotopic (exact) mass is 305 g/mol. The summed E-state index contributed by atoms with van der Waals surface area (Å²) in [4.78, 5) is 14.5. The van der Waals surface area contributed by atoms with Gasteiger partial charge in [-0.05, 0) is 43.4 Å². The molecule has 0 spiro atoms. The molecule has 112 valence electrons. The molecule has 0 unspecified atom stereocenters. The van der Waals surface area contributed by atoms with E-state index in [9.17, 15) is 9.18 Å². The van der Waals surface area contributed by atoms with Crippen molar-refractivity contribution in [3.05, 3.63) is 57.4 Å². The molecule has 1 heterocycles. The molecule has 0 saturated heterocycles. The van der Waals surface area contributed by atoms with Gasteiger partial charge >= 0.3 is 0 Å². The maximum atomic E-state index is 13.3. The van der Waals surface area contributed by atoms with E-state index in [4.69, 9.17) is 0 Å². The third kappa shape index (κ3) is 3.76. The van der Waals surface area contributed by atoms with Crippen LogP contribution in [-0.2, 0) is 0 Å². The van der Waals surface area contributed by atoms with Gasteiger partial charge in [0.1, 0.15) is 5.82 Å². The first-order chi connectivity index (χ1) is 10.0. The maximum Gasteiger partial charge on any atom is 0.188 e. The van der Waals surface area contributed by atoms with Gasteiger partial charge in [0.25, 0.3) is 0 Å². The lowest BCUT2D eigenvalue weighted by atomic mass is 10.0. The summed E-state index contributed by atoms with van der Waals surface area (Å²) in [6.45, 7) is 6.92. The lowest BCUT2D eigenvalue weighted by molar-refractivity contribution is 0.104. The first-order valence-corrected chi connectivity index (χ1v) is 8.04. The van der Waals surface area contributed by atoms with Gasteiger partial charge in [-0.25, -0.2) is 4.39 Å². The zero-order valence-electron chi connectivity index (χ0n) is 12.6.